The van der Waals surface area contributed by atoms with Crippen LogP contribution in [0.5, 0.6) is 0 Å². The maximum Gasteiger partial charge on any atom is 0.250 e. The molecule has 0 spiro atoms. The second-order valence-corrected chi connectivity index (χ2v) is 5.39. The highest BCUT2D eigenvalue weighted by atomic mass is 79.9. The first-order chi connectivity index (χ1) is 8.08. The van der Waals surface area contributed by atoms with Crippen molar-refractivity contribution in [3.63, 3.8) is 0 Å². The van der Waals surface area contributed by atoms with E-state index < -0.39 is 0 Å². The summed E-state index contributed by atoms with van der Waals surface area (Å²) in [6.07, 6.45) is 1.75. The van der Waals surface area contributed by atoms with Gasteiger partial charge in [-0.05, 0) is 34.1 Å². The zero-order valence-electron chi connectivity index (χ0n) is 8.86. The molecule has 0 bridgehead atoms. The van der Waals surface area contributed by atoms with Crippen molar-refractivity contribution in [3.8, 4) is 0 Å². The van der Waals surface area contributed by atoms with Crippen LogP contribution < -0.4 is 11.3 Å². The molecule has 5 heteroatoms. The van der Waals surface area contributed by atoms with E-state index in [2.05, 4.69) is 31.9 Å². The van der Waals surface area contributed by atoms with E-state index >= 15 is 0 Å². The second-order valence-electron chi connectivity index (χ2n) is 3.62. The first-order valence-corrected chi connectivity index (χ1v) is 6.55. The average molecular weight is 358 g/mol. The number of pyridine rings is 1. The maximum absolute atomic E-state index is 11.7. The zero-order chi connectivity index (χ0) is 12.4. The smallest absolute Gasteiger partial charge is 0.250 e. The van der Waals surface area contributed by atoms with E-state index in [1.54, 1.807) is 16.8 Å². The Morgan fingerprint density at radius 3 is 2.65 bits per heavy atom. The van der Waals surface area contributed by atoms with Gasteiger partial charge >= 0.3 is 0 Å². The molecule has 0 saturated carbocycles. The van der Waals surface area contributed by atoms with E-state index in [1.807, 2.05) is 18.2 Å². The summed E-state index contributed by atoms with van der Waals surface area (Å²) in [5.74, 6) is 0. The van der Waals surface area contributed by atoms with Crippen LogP contribution >= 0.6 is 31.9 Å². The molecule has 88 valence electrons. The lowest BCUT2D eigenvalue weighted by Gasteiger charge is -2.10. The summed E-state index contributed by atoms with van der Waals surface area (Å²) in [4.78, 5) is 11.7. The third kappa shape index (κ3) is 2.79. The molecule has 1 aromatic heterocycles. The highest BCUT2D eigenvalue weighted by Gasteiger charge is 2.06. The van der Waals surface area contributed by atoms with Gasteiger partial charge in [0.25, 0.3) is 5.56 Å². The minimum atomic E-state index is -0.0525. The molecule has 0 aliphatic heterocycles. The van der Waals surface area contributed by atoms with E-state index in [1.165, 1.54) is 6.07 Å². The molecule has 1 aromatic carbocycles. The predicted octanol–water partition coefficient (Wildman–Crippen LogP) is 3.00. The summed E-state index contributed by atoms with van der Waals surface area (Å²) in [7, 11) is 0. The van der Waals surface area contributed by atoms with Crippen molar-refractivity contribution in [3.05, 3.63) is 61.4 Å². The van der Waals surface area contributed by atoms with Crippen LogP contribution in [0.2, 0.25) is 0 Å². The molecular weight excluding hydrogens is 348 g/mol. The van der Waals surface area contributed by atoms with Gasteiger partial charge in [-0.2, -0.15) is 0 Å². The van der Waals surface area contributed by atoms with E-state index in [0.29, 0.717) is 12.2 Å². The fourth-order valence-electron chi connectivity index (χ4n) is 1.54. The summed E-state index contributed by atoms with van der Waals surface area (Å²) in [6, 6.07) is 8.85. The summed E-state index contributed by atoms with van der Waals surface area (Å²) in [5.41, 5.74) is 7.43. The van der Waals surface area contributed by atoms with Gasteiger partial charge in [0.1, 0.15) is 0 Å². The first-order valence-electron chi connectivity index (χ1n) is 4.97. The highest BCUT2D eigenvalue weighted by Crippen LogP contribution is 2.23. The van der Waals surface area contributed by atoms with Crippen molar-refractivity contribution in [2.45, 2.75) is 6.54 Å². The van der Waals surface area contributed by atoms with Gasteiger partial charge in [-0.25, -0.2) is 0 Å². The largest absolute Gasteiger partial charge is 0.398 e. The van der Waals surface area contributed by atoms with Crippen molar-refractivity contribution in [2.24, 2.45) is 0 Å². The van der Waals surface area contributed by atoms with Crippen LogP contribution in [0.4, 0.5) is 5.69 Å². The Hall–Kier alpha value is -1.07. The van der Waals surface area contributed by atoms with Gasteiger partial charge in [0.05, 0.1) is 6.54 Å². The minimum Gasteiger partial charge on any atom is -0.398 e. The van der Waals surface area contributed by atoms with Crippen LogP contribution in [0.3, 0.4) is 0 Å². The number of hydrogen-bond acceptors (Lipinski definition) is 2. The molecule has 0 aliphatic carbocycles. The van der Waals surface area contributed by atoms with Gasteiger partial charge in [-0.15, -0.1) is 0 Å². The Bertz CT molecular complexity index is 587. The van der Waals surface area contributed by atoms with Crippen molar-refractivity contribution in [1.82, 2.24) is 4.57 Å². The number of aromatic nitrogens is 1. The number of nitrogen functional groups attached to an aromatic ring is 1. The number of hydrogen-bond donors (Lipinski definition) is 1. The molecule has 0 amide bonds. The quantitative estimate of drug-likeness (QED) is 0.840. The SMILES string of the molecule is Nc1cccc(Br)c1Cn1cc(Br)ccc1=O. The van der Waals surface area contributed by atoms with Crippen LogP contribution in [0.25, 0.3) is 0 Å². The van der Waals surface area contributed by atoms with Crippen LogP contribution in [-0.2, 0) is 6.54 Å². The van der Waals surface area contributed by atoms with Gasteiger partial charge < -0.3 is 10.3 Å². The zero-order valence-corrected chi connectivity index (χ0v) is 12.0. The Morgan fingerprint density at radius 1 is 1.18 bits per heavy atom. The summed E-state index contributed by atoms with van der Waals surface area (Å²) in [5, 5.41) is 0. The third-order valence-corrected chi connectivity index (χ3v) is 3.64. The fourth-order valence-corrected chi connectivity index (χ4v) is 2.42. The molecule has 0 radical (unpaired) electrons. The number of benzene rings is 1. The lowest BCUT2D eigenvalue weighted by atomic mass is 10.2. The molecule has 0 atom stereocenters. The molecule has 2 N–H and O–H groups in total. The van der Waals surface area contributed by atoms with Gasteiger partial charge in [0, 0.05) is 32.5 Å². The van der Waals surface area contributed by atoms with E-state index in [0.717, 1.165) is 14.5 Å². The van der Waals surface area contributed by atoms with Crippen LogP contribution in [0.1, 0.15) is 5.56 Å². The summed E-state index contributed by atoms with van der Waals surface area (Å²) < 4.78 is 3.38. The molecule has 0 aliphatic rings. The Kier molecular flexibility index (Phi) is 3.69. The number of nitrogens with zero attached hydrogens (tertiary/aromatic N) is 1. The standard InChI is InChI=1S/C12H10Br2N2O/c13-8-4-5-12(17)16(6-8)7-9-10(14)2-1-3-11(9)15/h1-6H,7,15H2. The maximum atomic E-state index is 11.7. The van der Waals surface area contributed by atoms with E-state index in [9.17, 15) is 4.79 Å². The number of nitrogens with two attached hydrogens (primary N) is 1. The Morgan fingerprint density at radius 2 is 1.94 bits per heavy atom. The molecule has 3 nitrogen and oxygen atoms in total. The van der Waals surface area contributed by atoms with Gasteiger partial charge in [0.15, 0.2) is 0 Å². The van der Waals surface area contributed by atoms with Crippen LogP contribution in [-0.4, -0.2) is 4.57 Å². The Balaban J connectivity index is 2.45. The second kappa shape index (κ2) is 5.06. The van der Waals surface area contributed by atoms with Gasteiger partial charge in [0.2, 0.25) is 0 Å². The van der Waals surface area contributed by atoms with Crippen molar-refractivity contribution in [2.75, 3.05) is 5.73 Å². The molecule has 1 heterocycles. The number of halogens is 2. The topological polar surface area (TPSA) is 48.0 Å². The molecule has 0 fully saturated rings. The lowest BCUT2D eigenvalue weighted by molar-refractivity contribution is 0.755. The highest BCUT2D eigenvalue weighted by molar-refractivity contribution is 9.10. The molecule has 2 rings (SSSR count). The predicted molar refractivity (Wildman–Crippen MR) is 76.1 cm³/mol. The number of rotatable bonds is 2. The lowest BCUT2D eigenvalue weighted by Crippen LogP contribution is -2.19. The molecular formula is C12H10Br2N2O. The van der Waals surface area contributed by atoms with Crippen molar-refractivity contribution in [1.29, 1.82) is 0 Å². The van der Waals surface area contributed by atoms with E-state index in [4.69, 9.17) is 5.73 Å². The van der Waals surface area contributed by atoms with Crippen molar-refractivity contribution >= 4 is 37.5 Å². The van der Waals surface area contributed by atoms with Gasteiger partial charge in [-0.1, -0.05) is 22.0 Å². The van der Waals surface area contributed by atoms with Gasteiger partial charge in [-0.3, -0.25) is 4.79 Å². The normalized spacial score (nSPS) is 10.5. The monoisotopic (exact) mass is 356 g/mol. The fraction of sp³-hybridized carbons (Fsp3) is 0.0833. The number of anilines is 1. The Labute approximate surface area is 116 Å². The average Bonchev–Trinajstić information content (AvgIpc) is 2.28. The van der Waals surface area contributed by atoms with Crippen LogP contribution in [0.15, 0.2) is 50.3 Å². The summed E-state index contributed by atoms with van der Waals surface area (Å²) >= 11 is 6.78. The minimum absolute atomic E-state index is 0.0525. The molecule has 17 heavy (non-hydrogen) atoms. The first kappa shape index (κ1) is 12.4. The third-order valence-electron chi connectivity index (χ3n) is 2.43. The van der Waals surface area contributed by atoms with Crippen LogP contribution in [0, 0.1) is 0 Å². The summed E-state index contributed by atoms with van der Waals surface area (Å²) in [6.45, 7) is 0.450. The molecule has 2 aromatic rings. The molecule has 0 unspecified atom stereocenters. The van der Waals surface area contributed by atoms with E-state index in [-0.39, 0.29) is 5.56 Å². The van der Waals surface area contributed by atoms with Crippen molar-refractivity contribution < 1.29 is 0 Å². The molecule has 0 saturated heterocycles.